The third-order valence-corrected chi connectivity index (χ3v) is 11.2. The highest BCUT2D eigenvalue weighted by molar-refractivity contribution is 7.85. The molecule has 0 saturated carbocycles. The molecule has 57 heavy (non-hydrogen) atoms. The number of hydroxylamine groups is 2. The van der Waals surface area contributed by atoms with Crippen molar-refractivity contribution in [2.45, 2.75) is 129 Å². The van der Waals surface area contributed by atoms with Crippen LogP contribution in [0.3, 0.4) is 0 Å². The number of allylic oxidation sites excluding steroid dienone is 2. The number of nitrogens with zero attached hydrogens (tertiary/aromatic N) is 4. The van der Waals surface area contributed by atoms with E-state index in [4.69, 9.17) is 4.84 Å². The molecule has 0 spiro atoms. The number of carbonyl (C=O) groups excluding carboxylic acids is 5. The number of hydrogen-bond donors (Lipinski definition) is 1. The van der Waals surface area contributed by atoms with Crippen LogP contribution in [0.15, 0.2) is 23.4 Å². The molecule has 316 valence electrons. The maximum Gasteiger partial charge on any atom is 0.737 e. The summed E-state index contributed by atoms with van der Waals surface area (Å²) in [5.74, 6) is -4.66. The van der Waals surface area contributed by atoms with Crippen LogP contribution in [0.5, 0.6) is 0 Å². The van der Waals surface area contributed by atoms with Gasteiger partial charge < -0.3 is 36.8 Å². The van der Waals surface area contributed by atoms with Crippen LogP contribution in [0.4, 0.5) is 8.63 Å². The van der Waals surface area contributed by atoms with Crippen LogP contribution < -0.4 is 5.32 Å². The summed E-state index contributed by atoms with van der Waals surface area (Å²) in [5, 5.41) is 2.80. The van der Waals surface area contributed by atoms with Gasteiger partial charge in [0.05, 0.1) is 43.6 Å². The zero-order chi connectivity index (χ0) is 42.1. The van der Waals surface area contributed by atoms with Gasteiger partial charge in [-0.3, -0.25) is 19.2 Å². The number of quaternary nitrogens is 1. The maximum atomic E-state index is 17.1. The normalized spacial score (nSPS) is 17.0. The molecule has 0 aliphatic carbocycles. The maximum absolute atomic E-state index is 17.1. The molecule has 1 aromatic heterocycles. The molecule has 1 aromatic rings. The summed E-state index contributed by atoms with van der Waals surface area (Å²) in [6.45, 7) is 0.542. The third-order valence-electron chi connectivity index (χ3n) is 10.4. The Morgan fingerprint density at radius 1 is 0.912 bits per heavy atom. The number of imide groups is 1. The second-order valence-electron chi connectivity index (χ2n) is 16.3. The quantitative estimate of drug-likeness (QED) is 0.0515. The lowest BCUT2D eigenvalue weighted by Crippen LogP contribution is -2.51. The number of ketones is 1. The van der Waals surface area contributed by atoms with Crippen LogP contribution in [-0.4, -0.2) is 113 Å². The van der Waals surface area contributed by atoms with Gasteiger partial charge in [-0.15, -0.1) is 5.06 Å². The number of carbonyl (C=O) groups is 5. The fourth-order valence-electron chi connectivity index (χ4n) is 7.52. The number of aromatic nitrogens is 1. The fraction of sp³-hybridized carbons (Fsp3) is 0.641. The largest absolute Gasteiger partial charge is 0.748 e. The topological polar surface area (TPSA) is 175 Å². The zero-order valence-corrected chi connectivity index (χ0v) is 34.8. The van der Waals surface area contributed by atoms with Crippen molar-refractivity contribution in [2.75, 3.05) is 33.4 Å². The Bertz CT molecular complexity index is 1900. The molecule has 1 saturated heterocycles. The van der Waals surface area contributed by atoms with E-state index in [9.17, 15) is 36.9 Å². The van der Waals surface area contributed by atoms with Crippen molar-refractivity contribution >= 4 is 58.3 Å². The number of nitrogens with one attached hydrogen (secondary N) is 1. The second-order valence-corrected chi connectivity index (χ2v) is 17.8. The lowest BCUT2D eigenvalue weighted by molar-refractivity contribution is -0.870. The van der Waals surface area contributed by atoms with Gasteiger partial charge in [-0.25, -0.2) is 13.2 Å². The molecular formula is C39H58BF2N5O9S. The number of amides is 3. The lowest BCUT2D eigenvalue weighted by atomic mass is 9.88. The second kappa shape index (κ2) is 19.6. The molecule has 4 rings (SSSR count). The minimum Gasteiger partial charge on any atom is -0.748 e. The van der Waals surface area contributed by atoms with Crippen molar-refractivity contribution in [1.82, 2.24) is 14.9 Å². The Morgan fingerprint density at radius 3 is 2.19 bits per heavy atom. The number of hydrogen-bond acceptors (Lipinski definition) is 9. The summed E-state index contributed by atoms with van der Waals surface area (Å²) in [7, 11) is 1.24. The van der Waals surface area contributed by atoms with Gasteiger partial charge in [-0.2, -0.15) is 0 Å². The van der Waals surface area contributed by atoms with E-state index in [0.717, 1.165) is 54.3 Å². The molecule has 3 aliphatic heterocycles. The Balaban J connectivity index is 1.46. The molecule has 1 fully saturated rings. The van der Waals surface area contributed by atoms with Gasteiger partial charge in [0.15, 0.2) is 11.5 Å². The molecule has 18 heteroatoms. The minimum atomic E-state index is -4.95. The van der Waals surface area contributed by atoms with E-state index in [0.29, 0.717) is 52.3 Å². The van der Waals surface area contributed by atoms with Crippen molar-refractivity contribution < 1.29 is 59.4 Å². The monoisotopic (exact) mass is 821 g/mol. The number of fused-ring (bicyclic) bond motifs is 2. The zero-order valence-electron chi connectivity index (χ0n) is 33.9. The molecule has 1 unspecified atom stereocenters. The first-order valence-corrected chi connectivity index (χ1v) is 21.8. The summed E-state index contributed by atoms with van der Waals surface area (Å²) in [5.41, 5.74) is 3.41. The van der Waals surface area contributed by atoms with Gasteiger partial charge in [-0.1, -0.05) is 33.1 Å². The third kappa shape index (κ3) is 12.5. The van der Waals surface area contributed by atoms with Gasteiger partial charge in [0.2, 0.25) is 5.91 Å². The lowest BCUT2D eigenvalue weighted by Gasteiger charge is -2.32. The first-order valence-electron chi connectivity index (χ1n) is 20.2. The highest BCUT2D eigenvalue weighted by Gasteiger charge is 2.54. The van der Waals surface area contributed by atoms with Gasteiger partial charge in [0, 0.05) is 68.4 Å². The van der Waals surface area contributed by atoms with Crippen molar-refractivity contribution in [2.24, 2.45) is 0 Å². The molecule has 3 amide bonds. The van der Waals surface area contributed by atoms with Crippen LogP contribution in [-0.2, 0) is 51.8 Å². The van der Waals surface area contributed by atoms with Crippen LogP contribution >= 0.6 is 0 Å². The van der Waals surface area contributed by atoms with Crippen molar-refractivity contribution in [1.29, 1.82) is 0 Å². The van der Waals surface area contributed by atoms with E-state index >= 15 is 8.63 Å². The molecule has 0 aromatic carbocycles. The van der Waals surface area contributed by atoms with E-state index in [2.05, 4.69) is 33.4 Å². The SMILES string of the molecule is CCCCC1=CC(CCC(=O)NC(CS(=O)(=O)[O-])C(=O)CCCCCC(=O)ON2C(=O)CCC2=O)=[N+]2C1=Cc1c(CCCC)cc(CCC[N+](C)(C)C)n1[B-]2(F)F. The van der Waals surface area contributed by atoms with E-state index in [-0.39, 0.29) is 57.1 Å². The molecule has 14 nitrogen and oxygen atoms in total. The molecule has 0 radical (unpaired) electrons. The van der Waals surface area contributed by atoms with E-state index in [1.807, 2.05) is 19.1 Å². The van der Waals surface area contributed by atoms with Crippen LogP contribution in [0.2, 0.25) is 0 Å². The Morgan fingerprint density at radius 2 is 1.56 bits per heavy atom. The average Bonchev–Trinajstić information content (AvgIpc) is 3.76. The summed E-state index contributed by atoms with van der Waals surface area (Å²) < 4.78 is 72.3. The number of aryl methyl sites for hydroxylation is 2. The Hall–Kier alpha value is -4.03. The van der Waals surface area contributed by atoms with Gasteiger partial charge in [0.25, 0.3) is 11.8 Å². The molecule has 0 bridgehead atoms. The first-order chi connectivity index (χ1) is 26.8. The minimum absolute atomic E-state index is 0.0393. The van der Waals surface area contributed by atoms with Crippen molar-refractivity contribution in [3.63, 3.8) is 0 Å². The Labute approximate surface area is 334 Å². The van der Waals surface area contributed by atoms with E-state index < -0.39 is 58.4 Å². The van der Waals surface area contributed by atoms with Crippen molar-refractivity contribution in [3.8, 4) is 0 Å². The molecule has 4 heterocycles. The molecule has 1 N–H and O–H groups in total. The van der Waals surface area contributed by atoms with Gasteiger partial charge >= 0.3 is 12.9 Å². The summed E-state index contributed by atoms with van der Waals surface area (Å²) in [4.78, 5) is 66.4. The highest BCUT2D eigenvalue weighted by Crippen LogP contribution is 2.40. The molecular weight excluding hydrogens is 763 g/mol. The highest BCUT2D eigenvalue weighted by atomic mass is 32.2. The number of unbranched alkanes of at least 4 members (excludes halogenated alkanes) is 4. The van der Waals surface area contributed by atoms with Crippen LogP contribution in [0, 0.1) is 0 Å². The summed E-state index contributed by atoms with van der Waals surface area (Å²) >= 11 is 0. The van der Waals surface area contributed by atoms with Crippen molar-refractivity contribution in [3.05, 3.63) is 40.4 Å². The molecule has 1 atom stereocenters. The average molecular weight is 822 g/mol. The van der Waals surface area contributed by atoms with Gasteiger partial charge in [0.1, 0.15) is 11.8 Å². The van der Waals surface area contributed by atoms with Crippen LogP contribution in [0.25, 0.3) is 6.08 Å². The molecule has 3 aliphatic rings. The van der Waals surface area contributed by atoms with E-state index in [1.54, 1.807) is 6.08 Å². The number of rotatable bonds is 24. The van der Waals surface area contributed by atoms with E-state index in [1.165, 1.54) is 4.48 Å². The standard InChI is InChI=1S/C39H58BF2N5O9S/c1-6-8-14-28-24-30(16-13-23-47(3,4)5)44-33(28)26-34-29(15-9-7-2)25-31(45(34)40(44,41)42)19-20-36(49)43-32(27-57(53,54)55)35(48)17-11-10-12-18-39(52)56-46-37(50)21-22-38(46)51/h24-26,32H,6-23,27H2,1-5H3,(H-,43,49,53,54,55). The number of Topliss-reactive ketones (excluding diaryl/α,β-unsaturated/α-hetero) is 1. The van der Waals surface area contributed by atoms with Gasteiger partial charge in [-0.05, 0) is 62.3 Å². The number of halogens is 2. The predicted molar refractivity (Wildman–Crippen MR) is 209 cm³/mol. The first kappa shape index (κ1) is 45.7. The smallest absolute Gasteiger partial charge is 0.737 e. The summed E-state index contributed by atoms with van der Waals surface area (Å²) in [6.07, 6.45) is 9.26. The summed E-state index contributed by atoms with van der Waals surface area (Å²) in [6, 6.07) is 0.283. The fourth-order valence-corrected chi connectivity index (χ4v) is 8.20. The predicted octanol–water partition coefficient (Wildman–Crippen LogP) is 4.57. The van der Waals surface area contributed by atoms with Crippen LogP contribution in [0.1, 0.15) is 127 Å². The Kier molecular flexibility index (Phi) is 15.7.